The summed E-state index contributed by atoms with van der Waals surface area (Å²) >= 11 is 0. The minimum absolute atomic E-state index is 0.00751. The Balaban J connectivity index is 1.43. The lowest BCUT2D eigenvalue weighted by Crippen LogP contribution is -2.63. The highest BCUT2D eigenvalue weighted by Gasteiger charge is 2.58. The summed E-state index contributed by atoms with van der Waals surface area (Å²) < 4.78 is 65.9. The molecule has 11 nitrogen and oxygen atoms in total. The van der Waals surface area contributed by atoms with E-state index in [1.54, 1.807) is 30.5 Å². The first-order valence-corrected chi connectivity index (χ1v) is 14.6. The molecule has 0 bridgehead atoms. The van der Waals surface area contributed by atoms with E-state index in [0.717, 1.165) is 29.6 Å². The number of morpholine rings is 1. The first-order chi connectivity index (χ1) is 19.6. The molecule has 2 saturated heterocycles. The molecule has 3 aliphatic heterocycles. The molecule has 1 atom stereocenters. The van der Waals surface area contributed by atoms with Crippen LogP contribution in [0.1, 0.15) is 16.8 Å². The summed E-state index contributed by atoms with van der Waals surface area (Å²) in [5.74, 6) is -0.759. The van der Waals surface area contributed by atoms with E-state index in [0.29, 0.717) is 11.3 Å². The van der Waals surface area contributed by atoms with Crippen LogP contribution in [0.2, 0.25) is 0 Å². The second kappa shape index (κ2) is 9.95. The number of fused-ring (bicyclic) bond motifs is 1. The van der Waals surface area contributed by atoms with Crippen molar-refractivity contribution in [1.82, 2.24) is 14.5 Å². The molecule has 1 aromatic heterocycles. The Labute approximate surface area is 234 Å². The number of halogens is 2. The summed E-state index contributed by atoms with van der Waals surface area (Å²) in [6, 6.07) is 8.33. The van der Waals surface area contributed by atoms with Gasteiger partial charge in [-0.1, -0.05) is 11.2 Å². The minimum atomic E-state index is -3.30. The highest BCUT2D eigenvalue weighted by molar-refractivity contribution is 7.53. The van der Waals surface area contributed by atoms with Crippen LogP contribution in [0, 0.1) is 18.6 Å². The van der Waals surface area contributed by atoms with Crippen molar-refractivity contribution in [3.8, 4) is 11.4 Å². The second-order valence-corrected chi connectivity index (χ2v) is 12.2. The van der Waals surface area contributed by atoms with E-state index in [2.05, 4.69) is 10.1 Å². The molecule has 14 heteroatoms. The fourth-order valence-electron chi connectivity index (χ4n) is 5.06. The molecule has 3 aromatic rings. The lowest BCUT2D eigenvalue weighted by atomic mass is 9.95. The monoisotopic (exact) mass is 588 g/mol. The Morgan fingerprint density at radius 2 is 1.90 bits per heavy atom. The van der Waals surface area contributed by atoms with Gasteiger partial charge in [-0.15, -0.1) is 0 Å². The SMILES string of the molecule is COc1cc(C=C2OC3(COP(C)(=O)OC3)CN3C2=NOC3(CO)c2cc(F)cc(F)c2)ccc1-n1cnc(C)c1. The van der Waals surface area contributed by atoms with Crippen molar-refractivity contribution in [2.75, 3.05) is 40.1 Å². The number of nitrogens with zero attached hydrogens (tertiary/aromatic N) is 4. The van der Waals surface area contributed by atoms with Crippen LogP contribution in [0.4, 0.5) is 8.78 Å². The Morgan fingerprint density at radius 1 is 1.17 bits per heavy atom. The molecule has 41 heavy (non-hydrogen) atoms. The zero-order chi connectivity index (χ0) is 29.0. The maximum absolute atomic E-state index is 14.3. The smallest absolute Gasteiger partial charge is 0.327 e. The van der Waals surface area contributed by atoms with Gasteiger partial charge < -0.3 is 37.9 Å². The number of hydrogen-bond donors (Lipinski definition) is 1. The number of methoxy groups -OCH3 is 1. The van der Waals surface area contributed by atoms with Gasteiger partial charge in [-0.2, -0.15) is 0 Å². The first-order valence-electron chi connectivity index (χ1n) is 12.6. The van der Waals surface area contributed by atoms with Gasteiger partial charge >= 0.3 is 7.60 Å². The van der Waals surface area contributed by atoms with Gasteiger partial charge in [0.2, 0.25) is 5.84 Å². The Kier molecular flexibility index (Phi) is 6.65. The van der Waals surface area contributed by atoms with Crippen molar-refractivity contribution in [3.63, 3.8) is 0 Å². The number of benzene rings is 2. The largest absolute Gasteiger partial charge is 0.495 e. The summed E-state index contributed by atoms with van der Waals surface area (Å²) in [6.07, 6.45) is 5.23. The quantitative estimate of drug-likeness (QED) is 0.443. The topological polar surface area (TPSA) is 117 Å². The number of ether oxygens (including phenoxy) is 2. The standard InChI is InChI=1S/C27H27F2N4O7P/c1-17-11-32(16-30-17)22-5-4-18(6-23(22)36-2)7-24-25-31-40-27(13-34,19-8-20(28)10-21(29)9-19)33(25)12-26(39-24)14-37-41(3,35)38-15-26/h4-11,16,34H,12-15H2,1-3H3. The van der Waals surface area contributed by atoms with Crippen LogP contribution in [-0.4, -0.2) is 71.1 Å². The number of imidazole rings is 1. The summed E-state index contributed by atoms with van der Waals surface area (Å²) in [7, 11) is -1.75. The fourth-order valence-corrected chi connectivity index (χ4v) is 6.07. The molecule has 1 N–H and O–H groups in total. The zero-order valence-corrected chi connectivity index (χ0v) is 23.3. The van der Waals surface area contributed by atoms with E-state index in [1.165, 1.54) is 6.66 Å². The highest BCUT2D eigenvalue weighted by atomic mass is 31.2. The van der Waals surface area contributed by atoms with Crippen molar-refractivity contribution in [2.24, 2.45) is 5.16 Å². The molecule has 0 radical (unpaired) electrons. The van der Waals surface area contributed by atoms with E-state index in [9.17, 15) is 18.5 Å². The van der Waals surface area contributed by atoms with Crippen LogP contribution >= 0.6 is 7.60 Å². The van der Waals surface area contributed by atoms with Crippen LogP contribution in [-0.2, 0) is 28.9 Å². The number of aryl methyl sites for hydroxylation is 1. The first kappa shape index (κ1) is 27.4. The van der Waals surface area contributed by atoms with Crippen molar-refractivity contribution in [2.45, 2.75) is 18.2 Å². The predicted octanol–water partition coefficient (Wildman–Crippen LogP) is 3.94. The predicted molar refractivity (Wildman–Crippen MR) is 142 cm³/mol. The van der Waals surface area contributed by atoms with E-state index in [1.807, 2.05) is 29.8 Å². The van der Waals surface area contributed by atoms with Gasteiger partial charge in [0, 0.05) is 24.5 Å². The van der Waals surface area contributed by atoms with Crippen molar-refractivity contribution >= 4 is 19.5 Å². The third-order valence-corrected chi connectivity index (χ3v) is 8.31. The lowest BCUT2D eigenvalue weighted by Gasteiger charge is -2.48. The molecule has 4 heterocycles. The molecule has 2 fully saturated rings. The Hall–Kier alpha value is -3.77. The van der Waals surface area contributed by atoms with Gasteiger partial charge in [0.05, 0.1) is 31.4 Å². The Morgan fingerprint density at radius 3 is 2.54 bits per heavy atom. The maximum atomic E-state index is 14.3. The molecule has 0 aliphatic carbocycles. The maximum Gasteiger partial charge on any atom is 0.327 e. The van der Waals surface area contributed by atoms with Gasteiger partial charge in [-0.3, -0.25) is 4.57 Å². The minimum Gasteiger partial charge on any atom is -0.495 e. The van der Waals surface area contributed by atoms with Crippen LogP contribution in [0.25, 0.3) is 11.8 Å². The van der Waals surface area contributed by atoms with E-state index in [-0.39, 0.29) is 36.9 Å². The fraction of sp³-hybridized carbons (Fsp3) is 0.333. The van der Waals surface area contributed by atoms with Crippen LogP contribution < -0.4 is 4.74 Å². The number of aromatic nitrogens is 2. The third kappa shape index (κ3) is 4.88. The van der Waals surface area contributed by atoms with Gasteiger partial charge in [0.25, 0.3) is 5.72 Å². The molecule has 0 amide bonds. The van der Waals surface area contributed by atoms with Crippen LogP contribution in [0.15, 0.2) is 59.8 Å². The van der Waals surface area contributed by atoms with Crippen molar-refractivity contribution in [1.29, 1.82) is 0 Å². The zero-order valence-electron chi connectivity index (χ0n) is 22.4. The molecule has 0 saturated carbocycles. The van der Waals surface area contributed by atoms with Gasteiger partial charge in [-0.05, 0) is 42.8 Å². The lowest BCUT2D eigenvalue weighted by molar-refractivity contribution is -0.175. The number of rotatable bonds is 5. The summed E-state index contributed by atoms with van der Waals surface area (Å²) in [4.78, 5) is 11.6. The normalized spacial score (nSPS) is 28.3. The number of aliphatic hydroxyl groups is 1. The number of amidine groups is 1. The van der Waals surface area contributed by atoms with Gasteiger partial charge in [0.15, 0.2) is 11.4 Å². The van der Waals surface area contributed by atoms with E-state index < -0.39 is 37.2 Å². The van der Waals surface area contributed by atoms with Crippen molar-refractivity contribution < 1.29 is 41.8 Å². The van der Waals surface area contributed by atoms with Crippen LogP contribution in [0.3, 0.4) is 0 Å². The molecule has 2 aromatic carbocycles. The molecular weight excluding hydrogens is 561 g/mol. The average Bonchev–Trinajstić information content (AvgIpc) is 3.54. The average molecular weight is 589 g/mol. The van der Waals surface area contributed by atoms with Crippen molar-refractivity contribution in [3.05, 3.63) is 83.1 Å². The highest BCUT2D eigenvalue weighted by Crippen LogP contribution is 2.52. The van der Waals surface area contributed by atoms with E-state index >= 15 is 0 Å². The number of hydrogen-bond acceptors (Lipinski definition) is 10. The molecule has 3 aliphatic rings. The van der Waals surface area contributed by atoms with Crippen LogP contribution in [0.5, 0.6) is 5.75 Å². The molecule has 216 valence electrons. The van der Waals surface area contributed by atoms with Gasteiger partial charge in [0.1, 0.15) is 37.2 Å². The molecule has 1 unspecified atom stereocenters. The molecule has 6 rings (SSSR count). The Bertz CT molecular complexity index is 1590. The summed E-state index contributed by atoms with van der Waals surface area (Å²) in [5.41, 5.74) is -0.713. The second-order valence-electron chi connectivity index (χ2n) is 10.2. The van der Waals surface area contributed by atoms with E-state index in [4.69, 9.17) is 23.4 Å². The molecular formula is C27H27F2N4O7P. The third-order valence-electron chi connectivity index (χ3n) is 7.11. The summed E-state index contributed by atoms with van der Waals surface area (Å²) in [5, 5.41) is 14.7. The number of oxime groups is 1. The van der Waals surface area contributed by atoms with Gasteiger partial charge in [-0.25, -0.2) is 13.8 Å². The molecule has 1 spiro atoms. The number of aliphatic hydroxyl groups excluding tert-OH is 1. The summed E-state index contributed by atoms with van der Waals surface area (Å²) in [6.45, 7) is 2.27.